The van der Waals surface area contributed by atoms with Gasteiger partial charge in [0, 0.05) is 6.08 Å². The van der Waals surface area contributed by atoms with E-state index in [4.69, 9.17) is 9.84 Å². The maximum atomic E-state index is 10.4. The van der Waals surface area contributed by atoms with Crippen molar-refractivity contribution in [2.24, 2.45) is 0 Å². The lowest BCUT2D eigenvalue weighted by molar-refractivity contribution is -0.131. The Morgan fingerprint density at radius 3 is 2.71 bits per heavy atom. The lowest BCUT2D eigenvalue weighted by Crippen LogP contribution is -2.10. The van der Waals surface area contributed by atoms with Crippen LogP contribution in [0.1, 0.15) is 25.3 Å². The summed E-state index contributed by atoms with van der Waals surface area (Å²) in [4.78, 5) is 10.4. The molecule has 0 heterocycles. The maximum Gasteiger partial charge on any atom is 0.328 e. The zero-order chi connectivity index (χ0) is 12.5. The van der Waals surface area contributed by atoms with E-state index in [2.05, 4.69) is 0 Å². The van der Waals surface area contributed by atoms with Crippen molar-refractivity contribution in [3.05, 3.63) is 48.0 Å². The van der Waals surface area contributed by atoms with Crippen molar-refractivity contribution in [2.75, 3.05) is 0 Å². The van der Waals surface area contributed by atoms with Crippen LogP contribution in [0, 0.1) is 0 Å². The van der Waals surface area contributed by atoms with Crippen molar-refractivity contribution in [1.82, 2.24) is 0 Å². The average molecular weight is 234 g/mol. The standard InChI is InChI=1S/C14H18O3/c1-2-6-13(9-10-14(15)16)17-11-12-7-4-3-5-8-12/h3-5,7-10,13H,2,6,11H2,1H3,(H,15,16)/b10-9+/t13-/m0/s1. The molecule has 92 valence electrons. The lowest BCUT2D eigenvalue weighted by Gasteiger charge is -2.13. The zero-order valence-corrected chi connectivity index (χ0v) is 10.0. The van der Waals surface area contributed by atoms with E-state index >= 15 is 0 Å². The smallest absolute Gasteiger partial charge is 0.328 e. The Bertz CT molecular complexity index is 357. The molecule has 0 saturated heterocycles. The monoisotopic (exact) mass is 234 g/mol. The van der Waals surface area contributed by atoms with Crippen LogP contribution in [0.25, 0.3) is 0 Å². The summed E-state index contributed by atoms with van der Waals surface area (Å²) in [5, 5.41) is 8.57. The summed E-state index contributed by atoms with van der Waals surface area (Å²) in [6.07, 6.45) is 4.41. The van der Waals surface area contributed by atoms with Gasteiger partial charge >= 0.3 is 5.97 Å². The van der Waals surface area contributed by atoms with E-state index in [0.29, 0.717) is 6.61 Å². The van der Waals surface area contributed by atoms with Crippen molar-refractivity contribution >= 4 is 5.97 Å². The normalized spacial score (nSPS) is 12.8. The predicted molar refractivity (Wildman–Crippen MR) is 66.7 cm³/mol. The van der Waals surface area contributed by atoms with Gasteiger partial charge in [0.05, 0.1) is 12.7 Å². The highest BCUT2D eigenvalue weighted by Gasteiger charge is 2.04. The minimum Gasteiger partial charge on any atom is -0.478 e. The summed E-state index contributed by atoms with van der Waals surface area (Å²) in [5.41, 5.74) is 1.09. The van der Waals surface area contributed by atoms with Crippen LogP contribution in [0.4, 0.5) is 0 Å². The number of carbonyl (C=O) groups is 1. The number of ether oxygens (including phenoxy) is 1. The maximum absolute atomic E-state index is 10.4. The van der Waals surface area contributed by atoms with Crippen LogP contribution in [-0.4, -0.2) is 17.2 Å². The van der Waals surface area contributed by atoms with E-state index in [1.807, 2.05) is 37.3 Å². The molecule has 0 unspecified atom stereocenters. The molecule has 0 bridgehead atoms. The average Bonchev–Trinajstić information content (AvgIpc) is 2.34. The van der Waals surface area contributed by atoms with Crippen LogP contribution in [-0.2, 0) is 16.1 Å². The largest absolute Gasteiger partial charge is 0.478 e. The third-order valence-corrected chi connectivity index (χ3v) is 2.33. The number of carboxylic acid groups (broad SMARTS) is 1. The van der Waals surface area contributed by atoms with Gasteiger partial charge in [0.15, 0.2) is 0 Å². The Morgan fingerprint density at radius 2 is 2.12 bits per heavy atom. The fourth-order valence-electron chi connectivity index (χ4n) is 1.49. The molecule has 17 heavy (non-hydrogen) atoms. The second-order valence-electron chi connectivity index (χ2n) is 3.82. The van der Waals surface area contributed by atoms with Gasteiger partial charge in [-0.15, -0.1) is 0 Å². The molecule has 1 N–H and O–H groups in total. The molecule has 3 heteroatoms. The Kier molecular flexibility index (Phi) is 6.04. The van der Waals surface area contributed by atoms with E-state index in [1.165, 1.54) is 0 Å². The van der Waals surface area contributed by atoms with Gasteiger partial charge in [0.2, 0.25) is 0 Å². The van der Waals surface area contributed by atoms with E-state index in [9.17, 15) is 4.79 Å². The second-order valence-corrected chi connectivity index (χ2v) is 3.82. The zero-order valence-electron chi connectivity index (χ0n) is 10.0. The summed E-state index contributed by atoms with van der Waals surface area (Å²) in [6.45, 7) is 2.56. The van der Waals surface area contributed by atoms with Crippen molar-refractivity contribution in [3.8, 4) is 0 Å². The minimum atomic E-state index is -0.936. The van der Waals surface area contributed by atoms with Crippen LogP contribution in [0.15, 0.2) is 42.5 Å². The van der Waals surface area contributed by atoms with Gasteiger partial charge < -0.3 is 9.84 Å². The van der Waals surface area contributed by atoms with Crippen LogP contribution in [0.3, 0.4) is 0 Å². The number of hydrogen-bond acceptors (Lipinski definition) is 2. The Hall–Kier alpha value is -1.61. The summed E-state index contributed by atoms with van der Waals surface area (Å²) in [5.74, 6) is -0.936. The number of carboxylic acids is 1. The molecule has 0 amide bonds. The molecule has 0 aliphatic rings. The Balaban J connectivity index is 2.47. The first-order chi connectivity index (χ1) is 8.22. The molecular formula is C14H18O3. The molecule has 0 aromatic heterocycles. The lowest BCUT2D eigenvalue weighted by atomic mass is 10.2. The quantitative estimate of drug-likeness (QED) is 0.738. The first-order valence-electron chi connectivity index (χ1n) is 5.79. The molecule has 0 spiro atoms. The van der Waals surface area contributed by atoms with Gasteiger partial charge in [-0.25, -0.2) is 4.79 Å². The number of rotatable bonds is 7. The number of benzene rings is 1. The van der Waals surface area contributed by atoms with Crippen LogP contribution in [0.5, 0.6) is 0 Å². The summed E-state index contributed by atoms with van der Waals surface area (Å²) in [7, 11) is 0. The SMILES string of the molecule is CCC[C@@H](/C=C/C(=O)O)OCc1ccccc1. The van der Waals surface area contributed by atoms with E-state index in [-0.39, 0.29) is 6.10 Å². The fourth-order valence-corrected chi connectivity index (χ4v) is 1.49. The molecule has 1 aromatic rings. The summed E-state index contributed by atoms with van der Waals surface area (Å²) in [6, 6.07) is 9.85. The van der Waals surface area contributed by atoms with Crippen molar-refractivity contribution in [1.29, 1.82) is 0 Å². The van der Waals surface area contributed by atoms with E-state index in [1.54, 1.807) is 6.08 Å². The summed E-state index contributed by atoms with van der Waals surface area (Å²) < 4.78 is 5.67. The minimum absolute atomic E-state index is 0.128. The molecule has 3 nitrogen and oxygen atoms in total. The third kappa shape index (κ3) is 5.88. The second kappa shape index (κ2) is 7.63. The van der Waals surface area contributed by atoms with Gasteiger partial charge in [-0.1, -0.05) is 43.7 Å². The van der Waals surface area contributed by atoms with Crippen molar-refractivity contribution in [2.45, 2.75) is 32.5 Å². The van der Waals surface area contributed by atoms with Crippen LogP contribution in [0.2, 0.25) is 0 Å². The highest BCUT2D eigenvalue weighted by atomic mass is 16.5. The highest BCUT2D eigenvalue weighted by Crippen LogP contribution is 2.08. The molecule has 1 atom stereocenters. The molecule has 0 aliphatic carbocycles. The first kappa shape index (κ1) is 13.5. The van der Waals surface area contributed by atoms with Crippen LogP contribution < -0.4 is 0 Å². The molecule has 0 fully saturated rings. The van der Waals surface area contributed by atoms with Gasteiger partial charge in [0.25, 0.3) is 0 Å². The molecule has 1 rings (SSSR count). The van der Waals surface area contributed by atoms with Crippen molar-refractivity contribution in [3.63, 3.8) is 0 Å². The molecule has 0 aliphatic heterocycles. The van der Waals surface area contributed by atoms with Gasteiger partial charge in [-0.3, -0.25) is 0 Å². The topological polar surface area (TPSA) is 46.5 Å². The van der Waals surface area contributed by atoms with Gasteiger partial charge in [-0.2, -0.15) is 0 Å². The third-order valence-electron chi connectivity index (χ3n) is 2.33. The van der Waals surface area contributed by atoms with Crippen molar-refractivity contribution < 1.29 is 14.6 Å². The fraction of sp³-hybridized carbons (Fsp3) is 0.357. The van der Waals surface area contributed by atoms with Gasteiger partial charge in [-0.05, 0) is 18.1 Å². The number of aliphatic carboxylic acids is 1. The van der Waals surface area contributed by atoms with E-state index < -0.39 is 5.97 Å². The molecule has 0 saturated carbocycles. The molecule has 1 aromatic carbocycles. The van der Waals surface area contributed by atoms with Gasteiger partial charge in [0.1, 0.15) is 0 Å². The Labute approximate surface area is 102 Å². The Morgan fingerprint density at radius 1 is 1.41 bits per heavy atom. The van der Waals surface area contributed by atoms with E-state index in [0.717, 1.165) is 24.5 Å². The highest BCUT2D eigenvalue weighted by molar-refractivity contribution is 5.79. The molecule has 0 radical (unpaired) electrons. The molecular weight excluding hydrogens is 216 g/mol. The van der Waals surface area contributed by atoms with Crippen LogP contribution >= 0.6 is 0 Å². The summed E-state index contributed by atoms with van der Waals surface area (Å²) >= 11 is 0. The first-order valence-corrected chi connectivity index (χ1v) is 5.79. The predicted octanol–water partition coefficient (Wildman–Crippen LogP) is 3.01. The number of hydrogen-bond donors (Lipinski definition) is 1.